The van der Waals surface area contributed by atoms with Crippen molar-refractivity contribution in [1.29, 1.82) is 0 Å². The fraction of sp³-hybridized carbons (Fsp3) is 0.500. The lowest BCUT2D eigenvalue weighted by atomic mass is 10.1. The molecule has 1 fully saturated rings. The largest absolute Gasteiger partial charge is 0.397 e. The Morgan fingerprint density at radius 1 is 1.53 bits per heavy atom. The lowest BCUT2D eigenvalue weighted by molar-refractivity contribution is 0.187. The predicted octanol–water partition coefficient (Wildman–Crippen LogP) is 2.03. The van der Waals surface area contributed by atoms with Crippen molar-refractivity contribution in [2.24, 2.45) is 5.92 Å². The number of para-hydroxylation sites is 1. The molecule has 82 valence electrons. The van der Waals surface area contributed by atoms with Crippen molar-refractivity contribution in [3.05, 3.63) is 23.8 Å². The van der Waals surface area contributed by atoms with E-state index in [1.54, 1.807) is 0 Å². The van der Waals surface area contributed by atoms with Crippen molar-refractivity contribution >= 4 is 11.4 Å². The van der Waals surface area contributed by atoms with E-state index in [1.807, 2.05) is 25.1 Å². The number of aryl methyl sites for hydroxylation is 1. The monoisotopic (exact) mass is 206 g/mol. The lowest BCUT2D eigenvalue weighted by Crippen LogP contribution is -2.15. The van der Waals surface area contributed by atoms with E-state index in [1.165, 1.54) is 0 Å². The summed E-state index contributed by atoms with van der Waals surface area (Å²) in [5.74, 6) is 0.630. The van der Waals surface area contributed by atoms with Crippen LogP contribution in [0.3, 0.4) is 0 Å². The number of anilines is 2. The van der Waals surface area contributed by atoms with Crippen molar-refractivity contribution in [2.75, 3.05) is 30.8 Å². The first-order valence-corrected chi connectivity index (χ1v) is 5.44. The third-order valence-electron chi connectivity index (χ3n) is 2.93. The zero-order chi connectivity index (χ0) is 10.7. The van der Waals surface area contributed by atoms with Gasteiger partial charge in [0, 0.05) is 19.1 Å². The third-order valence-corrected chi connectivity index (χ3v) is 2.93. The fourth-order valence-electron chi connectivity index (χ4n) is 1.83. The van der Waals surface area contributed by atoms with Crippen LogP contribution >= 0.6 is 0 Å². The molecular formula is C12H18N2O. The molecule has 1 atom stereocenters. The van der Waals surface area contributed by atoms with Gasteiger partial charge >= 0.3 is 0 Å². The van der Waals surface area contributed by atoms with Crippen molar-refractivity contribution in [1.82, 2.24) is 0 Å². The van der Waals surface area contributed by atoms with Crippen molar-refractivity contribution in [3.8, 4) is 0 Å². The Morgan fingerprint density at radius 2 is 2.40 bits per heavy atom. The van der Waals surface area contributed by atoms with Gasteiger partial charge in [-0.2, -0.15) is 0 Å². The molecule has 0 bridgehead atoms. The summed E-state index contributed by atoms with van der Waals surface area (Å²) in [6.07, 6.45) is 1.15. The molecular weight excluding hydrogens is 188 g/mol. The minimum absolute atomic E-state index is 0.630. The van der Waals surface area contributed by atoms with Gasteiger partial charge in [-0.3, -0.25) is 0 Å². The second-order valence-electron chi connectivity index (χ2n) is 4.15. The highest BCUT2D eigenvalue weighted by Gasteiger charge is 2.15. The Labute approximate surface area is 90.6 Å². The number of nitrogen functional groups attached to an aromatic ring is 1. The van der Waals surface area contributed by atoms with Gasteiger partial charge in [-0.25, -0.2) is 0 Å². The molecule has 15 heavy (non-hydrogen) atoms. The minimum atomic E-state index is 0.630. The first-order valence-electron chi connectivity index (χ1n) is 5.44. The van der Waals surface area contributed by atoms with E-state index in [0.29, 0.717) is 5.92 Å². The van der Waals surface area contributed by atoms with Crippen molar-refractivity contribution in [3.63, 3.8) is 0 Å². The zero-order valence-corrected chi connectivity index (χ0v) is 9.12. The van der Waals surface area contributed by atoms with Gasteiger partial charge < -0.3 is 15.8 Å². The Kier molecular flexibility index (Phi) is 3.11. The Hall–Kier alpha value is -1.22. The lowest BCUT2D eigenvalue weighted by Gasteiger charge is -2.13. The summed E-state index contributed by atoms with van der Waals surface area (Å²) >= 11 is 0. The van der Waals surface area contributed by atoms with Crippen LogP contribution in [0.5, 0.6) is 0 Å². The molecule has 0 aliphatic carbocycles. The highest BCUT2D eigenvalue weighted by Crippen LogP contribution is 2.22. The number of nitrogens with two attached hydrogens (primary N) is 1. The molecule has 0 spiro atoms. The van der Waals surface area contributed by atoms with Crippen LogP contribution in [-0.4, -0.2) is 19.8 Å². The number of nitrogens with one attached hydrogen (secondary N) is 1. The second-order valence-corrected chi connectivity index (χ2v) is 4.15. The van der Waals surface area contributed by atoms with E-state index in [2.05, 4.69) is 5.32 Å². The summed E-state index contributed by atoms with van der Waals surface area (Å²) in [5, 5.41) is 3.39. The molecule has 1 heterocycles. The van der Waals surface area contributed by atoms with Crippen molar-refractivity contribution < 1.29 is 4.74 Å². The standard InChI is InChI=1S/C12H18N2O/c1-9-3-2-4-11(12(9)13)14-7-10-5-6-15-8-10/h2-4,10,14H,5-8,13H2,1H3. The average Bonchev–Trinajstić information content (AvgIpc) is 2.73. The van der Waals surface area contributed by atoms with Crippen LogP contribution in [0.4, 0.5) is 11.4 Å². The van der Waals surface area contributed by atoms with Crippen LogP contribution in [0, 0.1) is 12.8 Å². The number of rotatable bonds is 3. The molecule has 3 nitrogen and oxygen atoms in total. The highest BCUT2D eigenvalue weighted by molar-refractivity contribution is 5.69. The minimum Gasteiger partial charge on any atom is -0.397 e. The average molecular weight is 206 g/mol. The Morgan fingerprint density at radius 3 is 3.13 bits per heavy atom. The van der Waals surface area contributed by atoms with Gasteiger partial charge in [0.2, 0.25) is 0 Å². The fourth-order valence-corrected chi connectivity index (χ4v) is 1.83. The predicted molar refractivity (Wildman–Crippen MR) is 63.0 cm³/mol. The maximum absolute atomic E-state index is 5.97. The van der Waals surface area contributed by atoms with Crippen LogP contribution < -0.4 is 11.1 Å². The van der Waals surface area contributed by atoms with Gasteiger partial charge in [-0.1, -0.05) is 12.1 Å². The molecule has 3 heteroatoms. The van der Waals surface area contributed by atoms with Crippen molar-refractivity contribution in [2.45, 2.75) is 13.3 Å². The molecule has 1 aromatic carbocycles. The topological polar surface area (TPSA) is 47.3 Å². The third kappa shape index (κ3) is 2.42. The van der Waals surface area contributed by atoms with Crippen LogP contribution in [-0.2, 0) is 4.74 Å². The molecule has 1 aliphatic heterocycles. The summed E-state index contributed by atoms with van der Waals surface area (Å²) in [4.78, 5) is 0. The van der Waals surface area contributed by atoms with E-state index in [0.717, 1.165) is 43.1 Å². The summed E-state index contributed by atoms with van der Waals surface area (Å²) in [6, 6.07) is 6.08. The SMILES string of the molecule is Cc1cccc(NCC2CCOC2)c1N. The van der Waals surface area contributed by atoms with Gasteiger partial charge in [0.05, 0.1) is 18.0 Å². The van der Waals surface area contributed by atoms with Gasteiger partial charge in [-0.05, 0) is 25.0 Å². The molecule has 3 N–H and O–H groups in total. The van der Waals surface area contributed by atoms with Crippen LogP contribution in [0.2, 0.25) is 0 Å². The highest BCUT2D eigenvalue weighted by atomic mass is 16.5. The molecule has 1 aromatic rings. The Balaban J connectivity index is 1.95. The number of hydrogen-bond donors (Lipinski definition) is 2. The van der Waals surface area contributed by atoms with Gasteiger partial charge in [-0.15, -0.1) is 0 Å². The van der Waals surface area contributed by atoms with Gasteiger partial charge in [0.15, 0.2) is 0 Å². The maximum atomic E-state index is 5.97. The number of ether oxygens (including phenoxy) is 1. The first kappa shape index (κ1) is 10.3. The molecule has 0 saturated carbocycles. The van der Waals surface area contributed by atoms with E-state index >= 15 is 0 Å². The van der Waals surface area contributed by atoms with E-state index in [4.69, 9.17) is 10.5 Å². The molecule has 1 saturated heterocycles. The van der Waals surface area contributed by atoms with Gasteiger partial charge in [0.25, 0.3) is 0 Å². The summed E-state index contributed by atoms with van der Waals surface area (Å²) < 4.78 is 5.33. The number of hydrogen-bond acceptors (Lipinski definition) is 3. The zero-order valence-electron chi connectivity index (χ0n) is 9.12. The van der Waals surface area contributed by atoms with E-state index < -0.39 is 0 Å². The second kappa shape index (κ2) is 4.53. The summed E-state index contributed by atoms with van der Waals surface area (Å²) in [6.45, 7) is 4.75. The normalized spacial score (nSPS) is 20.5. The van der Waals surface area contributed by atoms with E-state index in [9.17, 15) is 0 Å². The van der Waals surface area contributed by atoms with Crippen LogP contribution in [0.25, 0.3) is 0 Å². The van der Waals surface area contributed by atoms with Crippen LogP contribution in [0.15, 0.2) is 18.2 Å². The number of benzene rings is 1. The molecule has 2 rings (SSSR count). The van der Waals surface area contributed by atoms with Gasteiger partial charge in [0.1, 0.15) is 0 Å². The van der Waals surface area contributed by atoms with Crippen LogP contribution in [0.1, 0.15) is 12.0 Å². The molecule has 1 unspecified atom stereocenters. The molecule has 0 amide bonds. The maximum Gasteiger partial charge on any atom is 0.0579 e. The first-order chi connectivity index (χ1) is 7.27. The van der Waals surface area contributed by atoms with E-state index in [-0.39, 0.29) is 0 Å². The molecule has 0 radical (unpaired) electrons. The summed E-state index contributed by atoms with van der Waals surface area (Å²) in [5.41, 5.74) is 9.00. The molecule has 0 aromatic heterocycles. The quantitative estimate of drug-likeness (QED) is 0.744. The Bertz CT molecular complexity index is 332. The smallest absolute Gasteiger partial charge is 0.0579 e. The molecule has 1 aliphatic rings. The summed E-state index contributed by atoms with van der Waals surface area (Å²) in [7, 11) is 0.